The first-order valence-corrected chi connectivity index (χ1v) is 7.84. The van der Waals surface area contributed by atoms with E-state index in [0.29, 0.717) is 11.0 Å². The van der Waals surface area contributed by atoms with Crippen molar-refractivity contribution in [1.82, 2.24) is 30.4 Å². The molecule has 0 aliphatic heterocycles. The molecule has 0 radical (unpaired) electrons. The van der Waals surface area contributed by atoms with E-state index in [1.807, 2.05) is 6.92 Å². The van der Waals surface area contributed by atoms with Gasteiger partial charge in [0.05, 0.1) is 0 Å². The van der Waals surface area contributed by atoms with Crippen molar-refractivity contribution < 1.29 is 4.79 Å². The Kier molecular flexibility index (Phi) is 4.18. The summed E-state index contributed by atoms with van der Waals surface area (Å²) in [5.74, 6) is 0.674. The number of tetrazole rings is 1. The van der Waals surface area contributed by atoms with Crippen LogP contribution in [0.5, 0.6) is 0 Å². The second-order valence-electron chi connectivity index (χ2n) is 5.36. The number of rotatable bonds is 4. The molecular formula is C12H17N7OS. The molecule has 3 rings (SSSR count). The molecule has 1 aliphatic rings. The van der Waals surface area contributed by atoms with E-state index in [0.717, 1.165) is 37.2 Å². The zero-order valence-electron chi connectivity index (χ0n) is 11.8. The summed E-state index contributed by atoms with van der Waals surface area (Å²) >= 11 is 1.40. The normalized spacial score (nSPS) is 22.1. The van der Waals surface area contributed by atoms with E-state index >= 15 is 0 Å². The predicted molar refractivity (Wildman–Crippen MR) is 76.5 cm³/mol. The molecule has 1 N–H and O–H groups in total. The zero-order valence-corrected chi connectivity index (χ0v) is 12.6. The van der Waals surface area contributed by atoms with Crippen LogP contribution >= 0.6 is 11.3 Å². The van der Waals surface area contributed by atoms with Gasteiger partial charge in [-0.2, -0.15) is 0 Å². The number of carbonyl (C=O) groups is 1. The summed E-state index contributed by atoms with van der Waals surface area (Å²) in [5, 5.41) is 23.3. The first-order valence-electron chi connectivity index (χ1n) is 7.02. The van der Waals surface area contributed by atoms with Crippen molar-refractivity contribution in [2.45, 2.75) is 39.2 Å². The van der Waals surface area contributed by atoms with Crippen LogP contribution in [0, 0.1) is 18.8 Å². The lowest BCUT2D eigenvalue weighted by molar-refractivity contribution is -0.121. The Morgan fingerprint density at radius 1 is 1.38 bits per heavy atom. The molecule has 0 bridgehead atoms. The second-order valence-corrected chi connectivity index (χ2v) is 6.55. The SMILES string of the molecule is Cc1nnc(NC(=O)C2CCC(Cn3cnnn3)CC2)s1. The van der Waals surface area contributed by atoms with Gasteiger partial charge in [-0.15, -0.1) is 15.3 Å². The maximum atomic E-state index is 12.2. The van der Waals surface area contributed by atoms with E-state index in [4.69, 9.17) is 0 Å². The predicted octanol–water partition coefficient (Wildman–Crippen LogP) is 1.28. The van der Waals surface area contributed by atoms with E-state index in [-0.39, 0.29) is 11.8 Å². The molecule has 112 valence electrons. The average molecular weight is 307 g/mol. The Balaban J connectivity index is 1.47. The minimum Gasteiger partial charge on any atom is -0.300 e. The van der Waals surface area contributed by atoms with Crippen molar-refractivity contribution in [2.24, 2.45) is 11.8 Å². The summed E-state index contributed by atoms with van der Waals surface area (Å²) in [7, 11) is 0. The Morgan fingerprint density at radius 3 is 2.81 bits per heavy atom. The fraction of sp³-hybridized carbons (Fsp3) is 0.667. The molecule has 1 aliphatic carbocycles. The van der Waals surface area contributed by atoms with Gasteiger partial charge in [-0.3, -0.25) is 4.79 Å². The van der Waals surface area contributed by atoms with Gasteiger partial charge < -0.3 is 5.32 Å². The van der Waals surface area contributed by atoms with Gasteiger partial charge in [0, 0.05) is 12.5 Å². The van der Waals surface area contributed by atoms with Gasteiger partial charge >= 0.3 is 0 Å². The van der Waals surface area contributed by atoms with Crippen molar-refractivity contribution in [1.29, 1.82) is 0 Å². The van der Waals surface area contributed by atoms with Crippen molar-refractivity contribution in [3.63, 3.8) is 0 Å². The van der Waals surface area contributed by atoms with Gasteiger partial charge in [0.15, 0.2) is 0 Å². The Hall–Kier alpha value is -1.90. The van der Waals surface area contributed by atoms with Crippen LogP contribution in [0.25, 0.3) is 0 Å². The van der Waals surface area contributed by atoms with Crippen LogP contribution in [-0.4, -0.2) is 36.3 Å². The summed E-state index contributed by atoms with van der Waals surface area (Å²) < 4.78 is 1.76. The molecule has 1 fully saturated rings. The van der Waals surface area contributed by atoms with Gasteiger partial charge in [-0.05, 0) is 49.0 Å². The first-order chi connectivity index (χ1) is 10.2. The highest BCUT2D eigenvalue weighted by Crippen LogP contribution is 2.30. The highest BCUT2D eigenvalue weighted by Gasteiger charge is 2.27. The van der Waals surface area contributed by atoms with Crippen LogP contribution < -0.4 is 5.32 Å². The summed E-state index contributed by atoms with van der Waals surface area (Å²) in [6.45, 7) is 2.70. The van der Waals surface area contributed by atoms with E-state index in [1.54, 1.807) is 11.0 Å². The van der Waals surface area contributed by atoms with Crippen molar-refractivity contribution >= 4 is 22.4 Å². The molecule has 1 amide bonds. The Bertz CT molecular complexity index is 589. The second kappa shape index (κ2) is 6.25. The highest BCUT2D eigenvalue weighted by atomic mass is 32.1. The van der Waals surface area contributed by atoms with Gasteiger partial charge in [0.25, 0.3) is 0 Å². The monoisotopic (exact) mass is 307 g/mol. The van der Waals surface area contributed by atoms with Crippen molar-refractivity contribution in [3.05, 3.63) is 11.3 Å². The molecule has 0 atom stereocenters. The highest BCUT2D eigenvalue weighted by molar-refractivity contribution is 7.15. The molecule has 0 spiro atoms. The summed E-state index contributed by atoms with van der Waals surface area (Å²) in [6, 6.07) is 0. The fourth-order valence-electron chi connectivity index (χ4n) is 2.69. The third-order valence-corrected chi connectivity index (χ3v) is 4.56. The van der Waals surface area contributed by atoms with Gasteiger partial charge in [-0.1, -0.05) is 11.3 Å². The fourth-order valence-corrected chi connectivity index (χ4v) is 3.28. The molecule has 0 saturated heterocycles. The molecule has 1 saturated carbocycles. The van der Waals surface area contributed by atoms with Gasteiger partial charge in [0.2, 0.25) is 11.0 Å². The number of nitrogens with zero attached hydrogens (tertiary/aromatic N) is 6. The molecule has 0 unspecified atom stereocenters. The van der Waals surface area contributed by atoms with Crippen molar-refractivity contribution in [3.8, 4) is 0 Å². The number of aryl methyl sites for hydroxylation is 1. The average Bonchev–Trinajstić information content (AvgIpc) is 3.12. The summed E-state index contributed by atoms with van der Waals surface area (Å²) in [4.78, 5) is 12.2. The Labute approximate surface area is 126 Å². The maximum Gasteiger partial charge on any atom is 0.229 e. The van der Waals surface area contributed by atoms with E-state index in [2.05, 4.69) is 31.0 Å². The minimum absolute atomic E-state index is 0.0621. The maximum absolute atomic E-state index is 12.2. The van der Waals surface area contributed by atoms with Gasteiger partial charge in [0.1, 0.15) is 11.3 Å². The summed E-state index contributed by atoms with van der Waals surface area (Å²) in [6.07, 6.45) is 5.48. The van der Waals surface area contributed by atoms with E-state index in [1.165, 1.54) is 11.3 Å². The molecule has 8 nitrogen and oxygen atoms in total. The standard InChI is InChI=1S/C12H17N7OS/c1-8-15-16-12(21-8)14-11(20)10-4-2-9(3-5-10)6-19-7-13-17-18-19/h7,9-10H,2-6H2,1H3,(H,14,16,20). The molecule has 2 aromatic heterocycles. The molecule has 21 heavy (non-hydrogen) atoms. The number of carbonyl (C=O) groups excluding carboxylic acids is 1. The minimum atomic E-state index is 0.0621. The summed E-state index contributed by atoms with van der Waals surface area (Å²) in [5.41, 5.74) is 0. The number of nitrogens with one attached hydrogen (secondary N) is 1. The Morgan fingerprint density at radius 2 is 2.19 bits per heavy atom. The zero-order chi connectivity index (χ0) is 14.7. The first kappa shape index (κ1) is 14.1. The molecule has 2 aromatic rings. The van der Waals surface area contributed by atoms with Crippen LogP contribution in [0.3, 0.4) is 0 Å². The number of anilines is 1. The lowest BCUT2D eigenvalue weighted by Crippen LogP contribution is -2.28. The van der Waals surface area contributed by atoms with Crippen molar-refractivity contribution in [2.75, 3.05) is 5.32 Å². The molecule has 0 aromatic carbocycles. The van der Waals surface area contributed by atoms with Crippen LogP contribution in [-0.2, 0) is 11.3 Å². The van der Waals surface area contributed by atoms with Gasteiger partial charge in [-0.25, -0.2) is 4.68 Å². The number of amides is 1. The van der Waals surface area contributed by atoms with E-state index in [9.17, 15) is 4.79 Å². The quantitative estimate of drug-likeness (QED) is 0.913. The van der Waals surface area contributed by atoms with Crippen LogP contribution in [0.15, 0.2) is 6.33 Å². The largest absolute Gasteiger partial charge is 0.300 e. The third-order valence-electron chi connectivity index (χ3n) is 3.81. The topological polar surface area (TPSA) is 98.5 Å². The number of aromatic nitrogens is 6. The third kappa shape index (κ3) is 3.60. The van der Waals surface area contributed by atoms with Crippen LogP contribution in [0.4, 0.5) is 5.13 Å². The lowest BCUT2D eigenvalue weighted by atomic mass is 9.81. The van der Waals surface area contributed by atoms with Crippen LogP contribution in [0.2, 0.25) is 0 Å². The number of hydrogen-bond acceptors (Lipinski definition) is 7. The smallest absolute Gasteiger partial charge is 0.229 e. The molecular weight excluding hydrogens is 290 g/mol. The molecule has 9 heteroatoms. The lowest BCUT2D eigenvalue weighted by Gasteiger charge is -2.27. The number of hydrogen-bond donors (Lipinski definition) is 1. The van der Waals surface area contributed by atoms with Crippen LogP contribution in [0.1, 0.15) is 30.7 Å². The molecule has 2 heterocycles. The van der Waals surface area contributed by atoms with E-state index < -0.39 is 0 Å².